The number of benzene rings is 1. The van der Waals surface area contributed by atoms with Gasteiger partial charge in [0, 0.05) is 50.3 Å². The highest BCUT2D eigenvalue weighted by atomic mass is 19.1. The number of amides is 1. The zero-order chi connectivity index (χ0) is 23.8. The van der Waals surface area contributed by atoms with E-state index in [0.29, 0.717) is 30.6 Å². The lowest BCUT2D eigenvalue weighted by atomic mass is 9.89. The van der Waals surface area contributed by atoms with Crippen LogP contribution in [0.3, 0.4) is 0 Å². The molecule has 6 rings (SSSR count). The molecule has 5 heterocycles. The molecule has 2 fully saturated rings. The summed E-state index contributed by atoms with van der Waals surface area (Å²) in [6.45, 7) is 2.88. The number of pyridine rings is 1. The molecule has 0 aliphatic carbocycles. The molecule has 1 amide bonds. The van der Waals surface area contributed by atoms with E-state index in [1.165, 1.54) is 17.7 Å². The van der Waals surface area contributed by atoms with Crippen LogP contribution in [-0.2, 0) is 4.74 Å². The smallest absolute Gasteiger partial charge is 0.274 e. The lowest BCUT2D eigenvalue weighted by molar-refractivity contribution is 0.0707. The van der Waals surface area contributed by atoms with E-state index in [2.05, 4.69) is 21.0 Å². The summed E-state index contributed by atoms with van der Waals surface area (Å²) in [7, 11) is 0. The van der Waals surface area contributed by atoms with Crippen LogP contribution in [0.5, 0.6) is 0 Å². The molecule has 9 heteroatoms. The summed E-state index contributed by atoms with van der Waals surface area (Å²) >= 11 is 0. The molecule has 1 aromatic carbocycles. The molecule has 2 aliphatic heterocycles. The van der Waals surface area contributed by atoms with Gasteiger partial charge in [-0.1, -0.05) is 0 Å². The fourth-order valence-electron chi connectivity index (χ4n) is 5.20. The standard InChI is InChI=1S/C26H27FN6O2/c27-19-1-3-20(4-2-19)33-15-22(29-16-33)26(34)32-11-6-17(7-12-32)21-5-10-28-25-23(21)30-24(31-25)18-8-13-35-14-9-18/h1-5,10,15-18H,6-9,11-14H2,(H,28,30,31). The number of likely N-dealkylation sites (tertiary alicyclic amines) is 1. The number of halogens is 1. The monoisotopic (exact) mass is 474 g/mol. The Hall–Kier alpha value is -3.59. The molecule has 8 nitrogen and oxygen atoms in total. The fraction of sp³-hybridized carbons (Fsp3) is 0.385. The summed E-state index contributed by atoms with van der Waals surface area (Å²) in [5, 5.41) is 0. The van der Waals surface area contributed by atoms with E-state index in [-0.39, 0.29) is 11.7 Å². The fourth-order valence-corrected chi connectivity index (χ4v) is 5.20. The molecule has 35 heavy (non-hydrogen) atoms. The van der Waals surface area contributed by atoms with Crippen molar-refractivity contribution in [1.82, 2.24) is 29.4 Å². The maximum absolute atomic E-state index is 13.2. The second kappa shape index (κ2) is 9.22. The van der Waals surface area contributed by atoms with Crippen molar-refractivity contribution in [3.05, 3.63) is 72.0 Å². The number of carbonyl (C=O) groups excluding carboxylic acids is 1. The Bertz CT molecular complexity index is 1330. The van der Waals surface area contributed by atoms with Crippen LogP contribution < -0.4 is 0 Å². The van der Waals surface area contributed by atoms with E-state index in [0.717, 1.165) is 61.6 Å². The SMILES string of the molecule is O=C(c1cn(-c2ccc(F)cc2)cn1)N1CCC(c2ccnc3nc(C4CCOCC4)[nH]c23)CC1. The first-order chi connectivity index (χ1) is 17.2. The van der Waals surface area contributed by atoms with Crippen LogP contribution in [0, 0.1) is 5.82 Å². The molecule has 3 aromatic heterocycles. The van der Waals surface area contributed by atoms with Crippen molar-refractivity contribution < 1.29 is 13.9 Å². The summed E-state index contributed by atoms with van der Waals surface area (Å²) in [5.74, 6) is 1.36. The van der Waals surface area contributed by atoms with Gasteiger partial charge in [-0.05, 0) is 67.5 Å². The van der Waals surface area contributed by atoms with Crippen LogP contribution in [0.2, 0.25) is 0 Å². The van der Waals surface area contributed by atoms with Crippen LogP contribution >= 0.6 is 0 Å². The van der Waals surface area contributed by atoms with Gasteiger partial charge in [-0.25, -0.2) is 19.3 Å². The van der Waals surface area contributed by atoms with Crippen molar-refractivity contribution >= 4 is 17.1 Å². The number of carbonyl (C=O) groups is 1. The van der Waals surface area contributed by atoms with Gasteiger partial charge in [-0.2, -0.15) is 0 Å². The zero-order valence-corrected chi connectivity index (χ0v) is 19.4. The highest BCUT2D eigenvalue weighted by Crippen LogP contribution is 2.34. The minimum atomic E-state index is -0.297. The molecule has 0 atom stereocenters. The lowest BCUT2D eigenvalue weighted by Gasteiger charge is -2.32. The van der Waals surface area contributed by atoms with Gasteiger partial charge in [-0.15, -0.1) is 0 Å². The average Bonchev–Trinajstić information content (AvgIpc) is 3.57. The molecule has 4 aromatic rings. The van der Waals surface area contributed by atoms with Crippen LogP contribution in [0.4, 0.5) is 4.39 Å². The maximum Gasteiger partial charge on any atom is 0.274 e. The van der Waals surface area contributed by atoms with Crippen LogP contribution in [-0.4, -0.2) is 61.6 Å². The Morgan fingerprint density at radius 3 is 2.54 bits per heavy atom. The summed E-state index contributed by atoms with van der Waals surface area (Å²) in [6.07, 6.45) is 8.83. The van der Waals surface area contributed by atoms with Gasteiger partial charge in [0.05, 0.1) is 5.52 Å². The second-order valence-corrected chi connectivity index (χ2v) is 9.32. The van der Waals surface area contributed by atoms with Crippen molar-refractivity contribution in [3.8, 4) is 5.69 Å². The first-order valence-corrected chi connectivity index (χ1v) is 12.2. The molecule has 2 aliphatic rings. The third kappa shape index (κ3) is 4.32. The molecule has 1 N–H and O–H groups in total. The number of aromatic nitrogens is 5. The number of aromatic amines is 1. The molecule has 0 unspecified atom stereocenters. The molecule has 0 spiro atoms. The minimum Gasteiger partial charge on any atom is -0.381 e. The Morgan fingerprint density at radius 2 is 1.77 bits per heavy atom. The second-order valence-electron chi connectivity index (χ2n) is 9.32. The highest BCUT2D eigenvalue weighted by molar-refractivity contribution is 5.92. The normalized spacial score (nSPS) is 17.8. The number of nitrogens with zero attached hydrogens (tertiary/aromatic N) is 5. The van der Waals surface area contributed by atoms with Crippen molar-refractivity contribution in [1.29, 1.82) is 0 Å². The van der Waals surface area contributed by atoms with Gasteiger partial charge >= 0.3 is 0 Å². The number of fused-ring (bicyclic) bond motifs is 1. The molecular weight excluding hydrogens is 447 g/mol. The van der Waals surface area contributed by atoms with Gasteiger partial charge in [0.1, 0.15) is 23.7 Å². The Balaban J connectivity index is 1.14. The van der Waals surface area contributed by atoms with Gasteiger partial charge < -0.3 is 19.2 Å². The van der Waals surface area contributed by atoms with E-state index < -0.39 is 0 Å². The number of piperidine rings is 1. The number of rotatable bonds is 4. The lowest BCUT2D eigenvalue weighted by Crippen LogP contribution is -2.38. The van der Waals surface area contributed by atoms with E-state index >= 15 is 0 Å². The van der Waals surface area contributed by atoms with Crippen molar-refractivity contribution in [2.45, 2.75) is 37.5 Å². The Labute approximate surface area is 202 Å². The summed E-state index contributed by atoms with van der Waals surface area (Å²) in [4.78, 5) is 32.1. The molecule has 0 radical (unpaired) electrons. The van der Waals surface area contributed by atoms with Gasteiger partial charge in [0.15, 0.2) is 5.65 Å². The van der Waals surface area contributed by atoms with Gasteiger partial charge in [0.25, 0.3) is 5.91 Å². The minimum absolute atomic E-state index is 0.0764. The van der Waals surface area contributed by atoms with E-state index in [1.54, 1.807) is 29.2 Å². The molecule has 180 valence electrons. The zero-order valence-electron chi connectivity index (χ0n) is 19.4. The van der Waals surface area contributed by atoms with E-state index in [1.807, 2.05) is 11.1 Å². The van der Waals surface area contributed by atoms with Crippen molar-refractivity contribution in [2.24, 2.45) is 0 Å². The van der Waals surface area contributed by atoms with E-state index in [4.69, 9.17) is 9.72 Å². The number of H-pyrrole nitrogens is 1. The molecule has 0 bridgehead atoms. The first kappa shape index (κ1) is 21.9. The molecule has 0 saturated carbocycles. The third-order valence-corrected chi connectivity index (χ3v) is 7.20. The maximum atomic E-state index is 13.2. The van der Waals surface area contributed by atoms with Gasteiger partial charge in [0.2, 0.25) is 0 Å². The predicted molar refractivity (Wildman–Crippen MR) is 128 cm³/mol. The number of imidazole rings is 2. The summed E-state index contributed by atoms with van der Waals surface area (Å²) in [6, 6.07) is 8.19. The topological polar surface area (TPSA) is 88.9 Å². The van der Waals surface area contributed by atoms with Gasteiger partial charge in [-0.3, -0.25) is 4.79 Å². The number of hydrogen-bond acceptors (Lipinski definition) is 5. The average molecular weight is 475 g/mol. The Morgan fingerprint density at radius 1 is 1.00 bits per heavy atom. The van der Waals surface area contributed by atoms with Crippen LogP contribution in [0.15, 0.2) is 49.1 Å². The van der Waals surface area contributed by atoms with Crippen molar-refractivity contribution in [3.63, 3.8) is 0 Å². The largest absolute Gasteiger partial charge is 0.381 e. The summed E-state index contributed by atoms with van der Waals surface area (Å²) < 4.78 is 20.4. The Kier molecular flexibility index (Phi) is 5.77. The third-order valence-electron chi connectivity index (χ3n) is 7.20. The number of nitrogens with one attached hydrogen (secondary N) is 1. The highest BCUT2D eigenvalue weighted by Gasteiger charge is 2.28. The quantitative estimate of drug-likeness (QED) is 0.479. The van der Waals surface area contributed by atoms with Crippen LogP contribution in [0.1, 0.15) is 59.4 Å². The summed E-state index contributed by atoms with van der Waals surface area (Å²) in [5.41, 5.74) is 4.19. The van der Waals surface area contributed by atoms with Crippen LogP contribution in [0.25, 0.3) is 16.9 Å². The molecule has 2 saturated heterocycles. The predicted octanol–water partition coefficient (Wildman–Crippen LogP) is 4.20. The van der Waals surface area contributed by atoms with E-state index in [9.17, 15) is 9.18 Å². The first-order valence-electron chi connectivity index (χ1n) is 12.2. The number of ether oxygens (including phenoxy) is 1. The van der Waals surface area contributed by atoms with Crippen molar-refractivity contribution in [2.75, 3.05) is 26.3 Å². The molecular formula is C26H27FN6O2. The number of hydrogen-bond donors (Lipinski definition) is 1.